The molecule has 0 aliphatic heterocycles. The molecule has 0 aliphatic rings. The Balaban J connectivity index is 1.57. The van der Waals surface area contributed by atoms with Crippen molar-refractivity contribution in [2.45, 2.75) is 20.3 Å². The molecule has 4 nitrogen and oxygen atoms in total. The Kier molecular flexibility index (Phi) is 6.22. The molecule has 0 saturated heterocycles. The van der Waals surface area contributed by atoms with Crippen molar-refractivity contribution in [3.63, 3.8) is 0 Å². The quantitative estimate of drug-likeness (QED) is 0.668. The molecule has 0 spiro atoms. The first kappa shape index (κ1) is 19.4. The highest BCUT2D eigenvalue weighted by molar-refractivity contribution is 6.05. The number of benzene rings is 3. The van der Waals surface area contributed by atoms with E-state index in [1.807, 2.05) is 62.4 Å². The van der Waals surface area contributed by atoms with Crippen LogP contribution in [0.3, 0.4) is 0 Å². The van der Waals surface area contributed by atoms with Gasteiger partial charge in [0.25, 0.3) is 11.8 Å². The molecule has 0 atom stereocenters. The molecule has 0 bridgehead atoms. The maximum atomic E-state index is 12.5. The van der Waals surface area contributed by atoms with Crippen molar-refractivity contribution >= 4 is 17.5 Å². The minimum Gasteiger partial charge on any atom is -0.352 e. The van der Waals surface area contributed by atoms with Crippen LogP contribution in [0.1, 0.15) is 37.4 Å². The van der Waals surface area contributed by atoms with Crippen LogP contribution in [-0.2, 0) is 6.42 Å². The molecule has 0 fully saturated rings. The fourth-order valence-electron chi connectivity index (χ4n) is 2.92. The maximum absolute atomic E-state index is 12.5. The molecular formula is C24H24N2O2. The number of carbonyl (C=O) groups is 2. The largest absolute Gasteiger partial charge is 0.352 e. The lowest BCUT2D eigenvalue weighted by Gasteiger charge is -2.11. The van der Waals surface area contributed by atoms with Gasteiger partial charge in [0, 0.05) is 23.4 Å². The second-order valence-corrected chi connectivity index (χ2v) is 6.77. The Morgan fingerprint density at radius 3 is 2.07 bits per heavy atom. The van der Waals surface area contributed by atoms with E-state index in [2.05, 4.69) is 10.6 Å². The first-order valence-electron chi connectivity index (χ1n) is 9.34. The smallest absolute Gasteiger partial charge is 0.255 e. The summed E-state index contributed by atoms with van der Waals surface area (Å²) in [6.07, 6.45) is 0.781. The van der Waals surface area contributed by atoms with Gasteiger partial charge in [-0.2, -0.15) is 0 Å². The molecule has 3 rings (SSSR count). The van der Waals surface area contributed by atoms with Crippen molar-refractivity contribution in [1.82, 2.24) is 5.32 Å². The number of rotatable bonds is 6. The summed E-state index contributed by atoms with van der Waals surface area (Å²) in [7, 11) is 0. The van der Waals surface area contributed by atoms with Crippen LogP contribution < -0.4 is 10.6 Å². The summed E-state index contributed by atoms with van der Waals surface area (Å²) in [4.78, 5) is 24.8. The number of aryl methyl sites for hydroxylation is 1. The van der Waals surface area contributed by atoms with Gasteiger partial charge in [0.1, 0.15) is 0 Å². The highest BCUT2D eigenvalue weighted by Gasteiger charge is 2.10. The Morgan fingerprint density at radius 2 is 1.39 bits per heavy atom. The van der Waals surface area contributed by atoms with Crippen LogP contribution in [-0.4, -0.2) is 18.4 Å². The summed E-state index contributed by atoms with van der Waals surface area (Å²) in [6.45, 7) is 4.56. The normalized spacial score (nSPS) is 10.4. The molecule has 0 saturated carbocycles. The zero-order valence-electron chi connectivity index (χ0n) is 16.2. The molecular weight excluding hydrogens is 348 g/mol. The van der Waals surface area contributed by atoms with Gasteiger partial charge in [0.2, 0.25) is 0 Å². The van der Waals surface area contributed by atoms with E-state index in [-0.39, 0.29) is 11.8 Å². The first-order valence-corrected chi connectivity index (χ1v) is 9.34. The Hall–Kier alpha value is -3.40. The van der Waals surface area contributed by atoms with Gasteiger partial charge in [-0.1, -0.05) is 42.5 Å². The van der Waals surface area contributed by atoms with E-state index in [4.69, 9.17) is 0 Å². The molecule has 3 aromatic carbocycles. The minimum atomic E-state index is -0.190. The van der Waals surface area contributed by atoms with Crippen LogP contribution >= 0.6 is 0 Å². The monoisotopic (exact) mass is 372 g/mol. The van der Waals surface area contributed by atoms with Crippen LogP contribution in [0.15, 0.2) is 72.8 Å². The molecule has 2 N–H and O–H groups in total. The van der Waals surface area contributed by atoms with Crippen molar-refractivity contribution in [2.75, 3.05) is 11.9 Å². The van der Waals surface area contributed by atoms with Gasteiger partial charge in [-0.25, -0.2) is 0 Å². The van der Waals surface area contributed by atoms with Gasteiger partial charge in [0.05, 0.1) is 0 Å². The summed E-state index contributed by atoms with van der Waals surface area (Å²) < 4.78 is 0. The van der Waals surface area contributed by atoms with E-state index in [1.54, 1.807) is 24.3 Å². The van der Waals surface area contributed by atoms with Crippen LogP contribution in [0.5, 0.6) is 0 Å². The molecule has 0 heterocycles. The highest BCUT2D eigenvalue weighted by atomic mass is 16.2. The lowest BCUT2D eigenvalue weighted by Crippen LogP contribution is -2.25. The lowest BCUT2D eigenvalue weighted by molar-refractivity contribution is 0.0952. The fourth-order valence-corrected chi connectivity index (χ4v) is 2.92. The number of hydrogen-bond donors (Lipinski definition) is 2. The predicted molar refractivity (Wildman–Crippen MR) is 113 cm³/mol. The average molecular weight is 372 g/mol. The van der Waals surface area contributed by atoms with Gasteiger partial charge in [-0.3, -0.25) is 9.59 Å². The highest BCUT2D eigenvalue weighted by Crippen LogP contribution is 2.19. The van der Waals surface area contributed by atoms with Crippen LogP contribution in [0, 0.1) is 13.8 Å². The van der Waals surface area contributed by atoms with Crippen molar-refractivity contribution in [3.8, 4) is 0 Å². The van der Waals surface area contributed by atoms with E-state index >= 15 is 0 Å². The van der Waals surface area contributed by atoms with Gasteiger partial charge in [0.15, 0.2) is 0 Å². The van der Waals surface area contributed by atoms with E-state index in [9.17, 15) is 9.59 Å². The average Bonchev–Trinajstić information content (AvgIpc) is 2.72. The predicted octanol–water partition coefficient (Wildman–Crippen LogP) is 4.53. The molecule has 0 aromatic heterocycles. The number of hydrogen-bond acceptors (Lipinski definition) is 2. The molecule has 0 aliphatic carbocycles. The van der Waals surface area contributed by atoms with Crippen LogP contribution in [0.2, 0.25) is 0 Å². The van der Waals surface area contributed by atoms with Crippen molar-refractivity contribution in [3.05, 3.63) is 101 Å². The van der Waals surface area contributed by atoms with Gasteiger partial charge < -0.3 is 10.6 Å². The zero-order chi connectivity index (χ0) is 19.9. The van der Waals surface area contributed by atoms with E-state index in [0.29, 0.717) is 17.7 Å². The summed E-state index contributed by atoms with van der Waals surface area (Å²) in [5, 5.41) is 5.84. The molecule has 142 valence electrons. The van der Waals surface area contributed by atoms with Gasteiger partial charge in [-0.15, -0.1) is 0 Å². The Morgan fingerprint density at radius 1 is 0.750 bits per heavy atom. The maximum Gasteiger partial charge on any atom is 0.255 e. The van der Waals surface area contributed by atoms with Crippen LogP contribution in [0.4, 0.5) is 5.69 Å². The van der Waals surface area contributed by atoms with Gasteiger partial charge in [-0.05, 0) is 67.3 Å². The van der Waals surface area contributed by atoms with E-state index < -0.39 is 0 Å². The number of nitrogens with one attached hydrogen (secondary N) is 2. The summed E-state index contributed by atoms with van der Waals surface area (Å²) in [5.74, 6) is -0.331. The molecule has 0 radical (unpaired) electrons. The van der Waals surface area contributed by atoms with Crippen molar-refractivity contribution < 1.29 is 9.59 Å². The molecule has 4 heteroatoms. The second-order valence-electron chi connectivity index (χ2n) is 6.77. The molecule has 28 heavy (non-hydrogen) atoms. The SMILES string of the molecule is Cc1cccc(NC(=O)c2ccc(C(=O)NCCc3ccccc3)cc2)c1C. The van der Waals surface area contributed by atoms with E-state index in [1.165, 1.54) is 5.56 Å². The second kappa shape index (κ2) is 9.00. The van der Waals surface area contributed by atoms with Crippen molar-refractivity contribution in [1.29, 1.82) is 0 Å². The third-order valence-corrected chi connectivity index (χ3v) is 4.80. The van der Waals surface area contributed by atoms with Crippen LogP contribution in [0.25, 0.3) is 0 Å². The standard InChI is InChI=1S/C24H24N2O2/c1-17-7-6-10-22(18(17)2)26-24(28)21-13-11-20(12-14-21)23(27)25-16-15-19-8-4-3-5-9-19/h3-14H,15-16H2,1-2H3,(H,25,27)(H,26,28). The molecule has 0 unspecified atom stereocenters. The zero-order valence-corrected chi connectivity index (χ0v) is 16.2. The molecule has 2 amide bonds. The first-order chi connectivity index (χ1) is 13.5. The Labute approximate surface area is 165 Å². The summed E-state index contributed by atoms with van der Waals surface area (Å²) in [5.41, 5.74) is 5.21. The third kappa shape index (κ3) is 4.86. The lowest BCUT2D eigenvalue weighted by atomic mass is 10.1. The molecule has 3 aromatic rings. The topological polar surface area (TPSA) is 58.2 Å². The number of amides is 2. The number of anilines is 1. The summed E-state index contributed by atoms with van der Waals surface area (Å²) >= 11 is 0. The van der Waals surface area contributed by atoms with Gasteiger partial charge >= 0.3 is 0 Å². The van der Waals surface area contributed by atoms with E-state index in [0.717, 1.165) is 23.2 Å². The Bertz CT molecular complexity index is 964. The van der Waals surface area contributed by atoms with Crippen molar-refractivity contribution in [2.24, 2.45) is 0 Å². The number of carbonyl (C=O) groups excluding carboxylic acids is 2. The fraction of sp³-hybridized carbons (Fsp3) is 0.167. The third-order valence-electron chi connectivity index (χ3n) is 4.80. The minimum absolute atomic E-state index is 0.141. The summed E-state index contributed by atoms with van der Waals surface area (Å²) in [6, 6.07) is 22.5.